The van der Waals surface area contributed by atoms with E-state index >= 15 is 0 Å². The quantitative estimate of drug-likeness (QED) is 0.555. The fourth-order valence-corrected chi connectivity index (χ4v) is 2.98. The summed E-state index contributed by atoms with van der Waals surface area (Å²) in [7, 11) is 1.22. The van der Waals surface area contributed by atoms with E-state index in [0.717, 1.165) is 22.3 Å². The maximum Gasteiger partial charge on any atom is 0.418 e. The molecule has 0 aliphatic heterocycles. The van der Waals surface area contributed by atoms with E-state index in [4.69, 9.17) is 4.74 Å². The predicted octanol–water partition coefficient (Wildman–Crippen LogP) is 5.76. The second-order valence-electron chi connectivity index (χ2n) is 5.55. The number of ether oxygens (including phenoxy) is 1. The van der Waals surface area contributed by atoms with Crippen molar-refractivity contribution in [3.05, 3.63) is 66.1 Å². The van der Waals surface area contributed by atoms with E-state index in [-0.39, 0.29) is 21.6 Å². The van der Waals surface area contributed by atoms with E-state index in [9.17, 15) is 22.4 Å². The summed E-state index contributed by atoms with van der Waals surface area (Å²) in [6.45, 7) is 0. The number of carbonyl (C=O) groups excluding carboxylic acids is 1. The van der Waals surface area contributed by atoms with Crippen LogP contribution in [0.5, 0.6) is 10.8 Å². The predicted molar refractivity (Wildman–Crippen MR) is 97.5 cm³/mol. The zero-order valence-corrected chi connectivity index (χ0v) is 15.1. The lowest BCUT2D eigenvalue weighted by molar-refractivity contribution is -0.137. The second kappa shape index (κ2) is 7.85. The molecule has 0 fully saturated rings. The number of para-hydroxylation sites is 1. The molecule has 146 valence electrons. The molecule has 10 heteroatoms. The van der Waals surface area contributed by atoms with Gasteiger partial charge in [-0.3, -0.25) is 10.2 Å². The molecule has 0 spiro atoms. The molecule has 0 radical (unpaired) electrons. The second-order valence-corrected chi connectivity index (χ2v) is 6.54. The first kappa shape index (κ1) is 19.6. The van der Waals surface area contributed by atoms with Gasteiger partial charge in [0, 0.05) is 13.1 Å². The van der Waals surface area contributed by atoms with E-state index in [1.807, 2.05) is 0 Å². The summed E-state index contributed by atoms with van der Waals surface area (Å²) < 4.78 is 58.0. The van der Waals surface area contributed by atoms with Crippen LogP contribution in [0.25, 0.3) is 0 Å². The fourth-order valence-electron chi connectivity index (χ4n) is 2.30. The lowest BCUT2D eigenvalue weighted by Gasteiger charge is -2.21. The maximum absolute atomic E-state index is 13.2. The van der Waals surface area contributed by atoms with Crippen molar-refractivity contribution in [1.29, 1.82) is 0 Å². The number of nitrogens with zero attached hydrogens (tertiary/aromatic N) is 2. The number of rotatable bonds is 4. The summed E-state index contributed by atoms with van der Waals surface area (Å²) in [4.78, 5) is 17.1. The Bertz CT molecular complexity index is 991. The number of hydrogen-bond donors (Lipinski definition) is 1. The Morgan fingerprint density at radius 3 is 2.64 bits per heavy atom. The van der Waals surface area contributed by atoms with Crippen LogP contribution in [-0.2, 0) is 6.18 Å². The Morgan fingerprint density at radius 2 is 1.93 bits per heavy atom. The molecule has 0 atom stereocenters. The maximum atomic E-state index is 13.2. The van der Waals surface area contributed by atoms with Gasteiger partial charge in [-0.2, -0.15) is 13.2 Å². The van der Waals surface area contributed by atoms with Crippen LogP contribution < -0.4 is 15.0 Å². The number of anilines is 2. The summed E-state index contributed by atoms with van der Waals surface area (Å²) in [5.74, 6) is -0.224. The zero-order chi connectivity index (χ0) is 20.3. The Hall–Kier alpha value is -3.14. The van der Waals surface area contributed by atoms with Crippen LogP contribution in [0.1, 0.15) is 5.56 Å². The number of nitrogens with one attached hydrogen (secondary N) is 1. The Morgan fingerprint density at radius 1 is 1.18 bits per heavy atom. The van der Waals surface area contributed by atoms with Gasteiger partial charge in [0.2, 0.25) is 5.06 Å². The molecule has 5 nitrogen and oxygen atoms in total. The molecule has 3 aromatic rings. The Balaban J connectivity index is 1.71. The number of carbonyl (C=O) groups is 1. The molecule has 1 heterocycles. The van der Waals surface area contributed by atoms with E-state index < -0.39 is 23.6 Å². The monoisotopic (exact) mass is 411 g/mol. The summed E-state index contributed by atoms with van der Waals surface area (Å²) in [6, 6.07) is 9.40. The van der Waals surface area contributed by atoms with Crippen molar-refractivity contribution < 1.29 is 27.1 Å². The van der Waals surface area contributed by atoms with Crippen LogP contribution in [0.2, 0.25) is 0 Å². The first-order valence-electron chi connectivity index (χ1n) is 7.84. The van der Waals surface area contributed by atoms with Gasteiger partial charge in [0.1, 0.15) is 11.6 Å². The zero-order valence-electron chi connectivity index (χ0n) is 14.3. The first-order chi connectivity index (χ1) is 13.2. The molecule has 28 heavy (non-hydrogen) atoms. The van der Waals surface area contributed by atoms with Gasteiger partial charge in [-0.1, -0.05) is 29.5 Å². The number of thiazole rings is 1. The molecule has 0 bridgehead atoms. The summed E-state index contributed by atoms with van der Waals surface area (Å²) in [5, 5.41) is 2.80. The van der Waals surface area contributed by atoms with Gasteiger partial charge in [0.15, 0.2) is 5.13 Å². The molecule has 3 rings (SSSR count). The highest BCUT2D eigenvalue weighted by atomic mass is 32.1. The van der Waals surface area contributed by atoms with Crippen molar-refractivity contribution in [3.8, 4) is 10.8 Å². The third-order valence-corrected chi connectivity index (χ3v) is 4.38. The van der Waals surface area contributed by atoms with Crippen LogP contribution in [0.3, 0.4) is 0 Å². The number of aromatic nitrogens is 1. The standard InChI is InChI=1S/C18H13F4N3O2S/c1-25(14-8-3-2-7-13(14)18(20,21)22)17(26)24-16-23-10-15(28-16)27-12-6-4-5-11(19)9-12/h2-10H,1H3,(H,23,24,26). The van der Waals surface area contributed by atoms with Crippen LogP contribution in [-0.4, -0.2) is 18.1 Å². The van der Waals surface area contributed by atoms with E-state index in [1.165, 1.54) is 49.6 Å². The molecular weight excluding hydrogens is 398 g/mol. The molecule has 0 unspecified atom stereocenters. The van der Waals surface area contributed by atoms with Gasteiger partial charge in [-0.25, -0.2) is 14.2 Å². The summed E-state index contributed by atoms with van der Waals surface area (Å²) >= 11 is 0.948. The SMILES string of the molecule is CN(C(=O)Nc1ncc(Oc2cccc(F)c2)s1)c1ccccc1C(F)(F)F. The van der Waals surface area contributed by atoms with Crippen molar-refractivity contribution in [2.24, 2.45) is 0 Å². The minimum atomic E-state index is -4.60. The summed E-state index contributed by atoms with van der Waals surface area (Å²) in [5.41, 5.74) is -1.22. The lowest BCUT2D eigenvalue weighted by Crippen LogP contribution is -2.32. The molecule has 2 aromatic carbocycles. The van der Waals surface area contributed by atoms with Crippen molar-refractivity contribution in [1.82, 2.24) is 4.98 Å². The molecule has 0 aliphatic carbocycles. The Kier molecular flexibility index (Phi) is 5.50. The van der Waals surface area contributed by atoms with Gasteiger partial charge >= 0.3 is 12.2 Å². The van der Waals surface area contributed by atoms with Gasteiger partial charge < -0.3 is 4.74 Å². The number of alkyl halides is 3. The molecule has 0 aliphatic rings. The van der Waals surface area contributed by atoms with Crippen molar-refractivity contribution in [3.63, 3.8) is 0 Å². The third kappa shape index (κ3) is 4.58. The van der Waals surface area contributed by atoms with Crippen LogP contribution in [0.15, 0.2) is 54.7 Å². The van der Waals surface area contributed by atoms with E-state index in [2.05, 4.69) is 10.3 Å². The highest BCUT2D eigenvalue weighted by molar-refractivity contribution is 7.17. The number of urea groups is 1. The van der Waals surface area contributed by atoms with Crippen LogP contribution >= 0.6 is 11.3 Å². The molecular formula is C18H13F4N3O2S. The van der Waals surface area contributed by atoms with Gasteiger partial charge in [-0.15, -0.1) is 0 Å². The highest BCUT2D eigenvalue weighted by Gasteiger charge is 2.35. The minimum Gasteiger partial charge on any atom is -0.445 e. The normalized spacial score (nSPS) is 11.2. The summed E-state index contributed by atoms with van der Waals surface area (Å²) in [6.07, 6.45) is -3.28. The minimum absolute atomic E-state index is 0.118. The number of hydrogen-bond acceptors (Lipinski definition) is 4. The number of halogens is 4. The highest BCUT2D eigenvalue weighted by Crippen LogP contribution is 2.36. The largest absolute Gasteiger partial charge is 0.445 e. The molecule has 0 saturated heterocycles. The van der Waals surface area contributed by atoms with Crippen molar-refractivity contribution in [2.75, 3.05) is 17.3 Å². The smallest absolute Gasteiger partial charge is 0.418 e. The molecule has 1 aromatic heterocycles. The van der Waals surface area contributed by atoms with Crippen LogP contribution in [0.4, 0.5) is 33.2 Å². The number of benzene rings is 2. The molecule has 0 saturated carbocycles. The van der Waals surface area contributed by atoms with Crippen molar-refractivity contribution in [2.45, 2.75) is 6.18 Å². The first-order valence-corrected chi connectivity index (χ1v) is 8.66. The topological polar surface area (TPSA) is 54.5 Å². The van der Waals surface area contributed by atoms with Crippen molar-refractivity contribution >= 4 is 28.2 Å². The molecule has 1 N–H and O–H groups in total. The van der Waals surface area contributed by atoms with Gasteiger partial charge in [0.05, 0.1) is 17.4 Å². The fraction of sp³-hybridized carbons (Fsp3) is 0.111. The van der Waals surface area contributed by atoms with E-state index in [0.29, 0.717) is 0 Å². The van der Waals surface area contributed by atoms with E-state index in [1.54, 1.807) is 6.07 Å². The van der Waals surface area contributed by atoms with Gasteiger partial charge in [0.25, 0.3) is 0 Å². The van der Waals surface area contributed by atoms with Gasteiger partial charge in [-0.05, 0) is 24.3 Å². The average Bonchev–Trinajstić information content (AvgIpc) is 3.07. The average molecular weight is 411 g/mol. The van der Waals surface area contributed by atoms with Crippen LogP contribution in [0, 0.1) is 5.82 Å². The number of amides is 2. The molecule has 2 amide bonds. The third-order valence-electron chi connectivity index (χ3n) is 3.59. The lowest BCUT2D eigenvalue weighted by atomic mass is 10.1. The Labute approximate surface area is 161 Å².